The third-order valence-electron chi connectivity index (χ3n) is 4.82. The molecule has 1 fully saturated rings. The number of ether oxygens (including phenoxy) is 2. The fraction of sp³-hybridized carbons (Fsp3) is 0.364. The van der Waals surface area contributed by atoms with Gasteiger partial charge in [-0.05, 0) is 55.3 Å². The van der Waals surface area contributed by atoms with Gasteiger partial charge in [-0.2, -0.15) is 0 Å². The molecule has 0 saturated heterocycles. The summed E-state index contributed by atoms with van der Waals surface area (Å²) < 4.78 is 10.6. The van der Waals surface area contributed by atoms with Crippen molar-refractivity contribution in [2.45, 2.75) is 32.1 Å². The Kier molecular flexibility index (Phi) is 6.89. The number of hydrogen-bond donors (Lipinski definition) is 2. The van der Waals surface area contributed by atoms with Gasteiger partial charge < -0.3 is 20.1 Å². The van der Waals surface area contributed by atoms with E-state index in [0.717, 1.165) is 31.4 Å². The van der Waals surface area contributed by atoms with Crippen LogP contribution >= 0.6 is 0 Å². The van der Waals surface area contributed by atoms with Crippen LogP contribution in [0, 0.1) is 5.92 Å². The molecule has 0 radical (unpaired) electrons. The summed E-state index contributed by atoms with van der Waals surface area (Å²) in [5, 5.41) is 5.75. The van der Waals surface area contributed by atoms with E-state index in [9.17, 15) is 9.59 Å². The second-order valence-corrected chi connectivity index (χ2v) is 6.92. The summed E-state index contributed by atoms with van der Waals surface area (Å²) in [4.78, 5) is 24.5. The number of carbonyl (C=O) groups is 2. The predicted octanol–water partition coefficient (Wildman–Crippen LogP) is 4.23. The molecule has 0 heterocycles. The average Bonchev–Trinajstić information content (AvgIpc) is 2.73. The number of carbonyl (C=O) groups excluding carboxylic acids is 2. The van der Waals surface area contributed by atoms with Crippen molar-refractivity contribution in [3.8, 4) is 11.5 Å². The zero-order valence-corrected chi connectivity index (χ0v) is 16.1. The fourth-order valence-electron chi connectivity index (χ4n) is 3.30. The van der Waals surface area contributed by atoms with Gasteiger partial charge in [0.25, 0.3) is 5.91 Å². The van der Waals surface area contributed by atoms with Crippen molar-refractivity contribution in [1.29, 1.82) is 0 Å². The molecular weight excluding hydrogens is 356 g/mol. The summed E-state index contributed by atoms with van der Waals surface area (Å²) >= 11 is 0. The van der Waals surface area contributed by atoms with E-state index >= 15 is 0 Å². The Hall–Kier alpha value is -3.02. The minimum atomic E-state index is -0.272. The van der Waals surface area contributed by atoms with E-state index in [2.05, 4.69) is 10.6 Å². The normalized spacial score (nSPS) is 14.2. The minimum Gasteiger partial charge on any atom is -0.497 e. The van der Waals surface area contributed by atoms with Crippen LogP contribution in [0.25, 0.3) is 0 Å². The molecule has 2 aromatic carbocycles. The van der Waals surface area contributed by atoms with Gasteiger partial charge in [-0.1, -0.05) is 25.3 Å². The maximum Gasteiger partial charge on any atom is 0.262 e. The maximum atomic E-state index is 12.4. The van der Waals surface area contributed by atoms with Gasteiger partial charge in [-0.3, -0.25) is 9.59 Å². The maximum absolute atomic E-state index is 12.4. The van der Waals surface area contributed by atoms with Crippen LogP contribution in [0.3, 0.4) is 0 Å². The van der Waals surface area contributed by atoms with Crippen molar-refractivity contribution in [3.05, 3.63) is 48.5 Å². The van der Waals surface area contributed by atoms with E-state index in [0.29, 0.717) is 17.1 Å². The van der Waals surface area contributed by atoms with Gasteiger partial charge in [-0.25, -0.2) is 0 Å². The van der Waals surface area contributed by atoms with Crippen molar-refractivity contribution in [2.24, 2.45) is 5.92 Å². The van der Waals surface area contributed by atoms with Crippen LogP contribution in [-0.4, -0.2) is 25.5 Å². The Morgan fingerprint density at radius 2 is 1.57 bits per heavy atom. The Balaban J connectivity index is 1.50. The van der Waals surface area contributed by atoms with Gasteiger partial charge in [0.15, 0.2) is 6.61 Å². The zero-order valence-electron chi connectivity index (χ0n) is 16.1. The Labute approximate surface area is 165 Å². The highest BCUT2D eigenvalue weighted by Gasteiger charge is 2.21. The third kappa shape index (κ3) is 5.74. The average molecular weight is 382 g/mol. The van der Waals surface area contributed by atoms with Crippen LogP contribution in [0.15, 0.2) is 48.5 Å². The van der Waals surface area contributed by atoms with E-state index in [1.165, 1.54) is 6.42 Å². The fourth-order valence-corrected chi connectivity index (χ4v) is 3.30. The largest absolute Gasteiger partial charge is 0.497 e. The van der Waals surface area contributed by atoms with E-state index < -0.39 is 0 Å². The molecule has 2 N–H and O–H groups in total. The molecule has 0 unspecified atom stereocenters. The molecule has 0 aromatic heterocycles. The molecule has 1 aliphatic rings. The number of nitrogens with one attached hydrogen (secondary N) is 2. The number of benzene rings is 2. The molecule has 0 spiro atoms. The van der Waals surface area contributed by atoms with Gasteiger partial charge in [0, 0.05) is 17.3 Å². The highest BCUT2D eigenvalue weighted by molar-refractivity contribution is 5.95. The lowest BCUT2D eigenvalue weighted by Crippen LogP contribution is -2.25. The van der Waals surface area contributed by atoms with Crippen molar-refractivity contribution in [3.63, 3.8) is 0 Å². The number of rotatable bonds is 7. The Morgan fingerprint density at radius 3 is 2.25 bits per heavy atom. The summed E-state index contributed by atoms with van der Waals surface area (Å²) in [5.41, 5.74) is 1.30. The zero-order chi connectivity index (χ0) is 19.8. The van der Waals surface area contributed by atoms with Crippen LogP contribution in [0.5, 0.6) is 11.5 Å². The first kappa shape index (κ1) is 19.7. The number of anilines is 2. The lowest BCUT2D eigenvalue weighted by molar-refractivity contribution is -0.120. The molecule has 1 saturated carbocycles. The molecule has 1 aliphatic carbocycles. The molecule has 148 valence electrons. The number of amides is 2. The van der Waals surface area contributed by atoms with Crippen molar-refractivity contribution in [2.75, 3.05) is 24.4 Å². The number of hydrogen-bond acceptors (Lipinski definition) is 4. The SMILES string of the molecule is COc1ccc(OCC(=O)Nc2cccc(NC(=O)C3CCCCC3)c2)cc1. The first-order valence-electron chi connectivity index (χ1n) is 9.61. The lowest BCUT2D eigenvalue weighted by atomic mass is 9.88. The lowest BCUT2D eigenvalue weighted by Gasteiger charge is -2.20. The van der Waals surface area contributed by atoms with Crippen molar-refractivity contribution in [1.82, 2.24) is 0 Å². The predicted molar refractivity (Wildman–Crippen MR) is 109 cm³/mol. The van der Waals surface area contributed by atoms with Crippen LogP contribution in [0.2, 0.25) is 0 Å². The minimum absolute atomic E-state index is 0.0611. The molecule has 3 rings (SSSR count). The highest BCUT2D eigenvalue weighted by Crippen LogP contribution is 2.25. The molecular formula is C22H26N2O4. The summed E-state index contributed by atoms with van der Waals surface area (Å²) in [6.45, 7) is -0.106. The van der Waals surface area contributed by atoms with Crippen LogP contribution in [0.1, 0.15) is 32.1 Å². The van der Waals surface area contributed by atoms with Crippen LogP contribution in [-0.2, 0) is 9.59 Å². The Bertz CT molecular complexity index is 798. The van der Waals surface area contributed by atoms with Gasteiger partial charge in [-0.15, -0.1) is 0 Å². The summed E-state index contributed by atoms with van der Waals surface area (Å²) in [5.74, 6) is 1.19. The smallest absolute Gasteiger partial charge is 0.262 e. The van der Waals surface area contributed by atoms with Crippen molar-refractivity contribution < 1.29 is 19.1 Å². The molecule has 6 nitrogen and oxygen atoms in total. The topological polar surface area (TPSA) is 76.7 Å². The van der Waals surface area contributed by atoms with Crippen LogP contribution < -0.4 is 20.1 Å². The van der Waals surface area contributed by atoms with E-state index in [1.807, 2.05) is 6.07 Å². The quantitative estimate of drug-likeness (QED) is 0.751. The number of methoxy groups -OCH3 is 1. The summed E-state index contributed by atoms with van der Waals surface area (Å²) in [7, 11) is 1.59. The molecule has 0 atom stereocenters. The molecule has 6 heteroatoms. The molecule has 0 bridgehead atoms. The summed E-state index contributed by atoms with van der Waals surface area (Å²) in [6, 6.07) is 14.2. The van der Waals surface area contributed by atoms with E-state index in [-0.39, 0.29) is 24.3 Å². The molecule has 28 heavy (non-hydrogen) atoms. The third-order valence-corrected chi connectivity index (χ3v) is 4.82. The van der Waals surface area contributed by atoms with Gasteiger partial charge >= 0.3 is 0 Å². The van der Waals surface area contributed by atoms with E-state index in [1.54, 1.807) is 49.6 Å². The van der Waals surface area contributed by atoms with Gasteiger partial charge in [0.2, 0.25) is 5.91 Å². The van der Waals surface area contributed by atoms with Gasteiger partial charge in [0.05, 0.1) is 7.11 Å². The Morgan fingerprint density at radius 1 is 0.929 bits per heavy atom. The monoisotopic (exact) mass is 382 g/mol. The van der Waals surface area contributed by atoms with Crippen LogP contribution in [0.4, 0.5) is 11.4 Å². The standard InChI is InChI=1S/C22H26N2O4/c1-27-19-10-12-20(13-11-19)28-15-21(25)23-17-8-5-9-18(14-17)24-22(26)16-6-3-2-4-7-16/h5,8-14,16H,2-4,6-7,15H2,1H3,(H,23,25)(H,24,26). The first-order valence-corrected chi connectivity index (χ1v) is 9.61. The molecule has 0 aliphatic heterocycles. The van der Waals surface area contributed by atoms with Gasteiger partial charge in [0.1, 0.15) is 11.5 Å². The van der Waals surface area contributed by atoms with Crippen molar-refractivity contribution >= 4 is 23.2 Å². The second-order valence-electron chi connectivity index (χ2n) is 6.92. The summed E-state index contributed by atoms with van der Waals surface area (Å²) in [6.07, 6.45) is 5.34. The molecule has 2 aromatic rings. The second kappa shape index (κ2) is 9.78. The van der Waals surface area contributed by atoms with E-state index in [4.69, 9.17) is 9.47 Å². The molecule has 2 amide bonds. The highest BCUT2D eigenvalue weighted by atomic mass is 16.5. The first-order chi connectivity index (χ1) is 13.6.